The van der Waals surface area contributed by atoms with Gasteiger partial charge in [-0.3, -0.25) is 0 Å². The number of rotatable bonds is 6. The van der Waals surface area contributed by atoms with Crippen LogP contribution < -0.4 is 0 Å². The van der Waals surface area contributed by atoms with Crippen LogP contribution in [0, 0.1) is 0 Å². The zero-order valence-corrected chi connectivity index (χ0v) is 9.11. The Bertz CT molecular complexity index is 258. The minimum Gasteiger partial charge on any atom is -0.387 e. The first kappa shape index (κ1) is 11.2. The normalized spacial score (nSPS) is 13.1. The lowest BCUT2D eigenvalue weighted by molar-refractivity contribution is 0.154. The van der Waals surface area contributed by atoms with Gasteiger partial charge in [0.1, 0.15) is 0 Å². The SMILES string of the molecule is CCCCCC(O)c1cncn1CC. The Kier molecular flexibility index (Phi) is 4.66. The predicted octanol–water partition coefficient (Wildman–Crippen LogP) is 2.52. The van der Waals surface area contributed by atoms with Crippen LogP contribution in [0.3, 0.4) is 0 Å². The molecule has 14 heavy (non-hydrogen) atoms. The van der Waals surface area contributed by atoms with E-state index in [2.05, 4.69) is 18.8 Å². The molecular formula is C11H20N2O. The largest absolute Gasteiger partial charge is 0.387 e. The van der Waals surface area contributed by atoms with Gasteiger partial charge in [0.05, 0.1) is 24.3 Å². The van der Waals surface area contributed by atoms with Gasteiger partial charge in [0.2, 0.25) is 0 Å². The Morgan fingerprint density at radius 1 is 1.43 bits per heavy atom. The van der Waals surface area contributed by atoms with Crippen LogP contribution in [0.4, 0.5) is 0 Å². The third-order valence-corrected chi connectivity index (χ3v) is 2.51. The van der Waals surface area contributed by atoms with Crippen molar-refractivity contribution in [3.05, 3.63) is 18.2 Å². The molecule has 0 saturated carbocycles. The lowest BCUT2D eigenvalue weighted by Gasteiger charge is -2.11. The van der Waals surface area contributed by atoms with Gasteiger partial charge in [0.15, 0.2) is 0 Å². The molecule has 0 aliphatic rings. The zero-order chi connectivity index (χ0) is 10.4. The van der Waals surface area contributed by atoms with Crippen LogP contribution in [-0.4, -0.2) is 14.7 Å². The zero-order valence-electron chi connectivity index (χ0n) is 9.11. The summed E-state index contributed by atoms with van der Waals surface area (Å²) < 4.78 is 2.00. The molecule has 3 heteroatoms. The lowest BCUT2D eigenvalue weighted by Crippen LogP contribution is -2.05. The first-order valence-electron chi connectivity index (χ1n) is 5.47. The van der Waals surface area contributed by atoms with E-state index in [1.54, 1.807) is 12.5 Å². The fourth-order valence-electron chi connectivity index (χ4n) is 1.61. The molecule has 1 unspecified atom stereocenters. The molecule has 1 heterocycles. The third-order valence-electron chi connectivity index (χ3n) is 2.51. The van der Waals surface area contributed by atoms with Crippen LogP contribution in [0.25, 0.3) is 0 Å². The van der Waals surface area contributed by atoms with Crippen LogP contribution in [0.15, 0.2) is 12.5 Å². The van der Waals surface area contributed by atoms with Crippen molar-refractivity contribution in [1.82, 2.24) is 9.55 Å². The average molecular weight is 196 g/mol. The molecule has 0 saturated heterocycles. The molecule has 0 aliphatic heterocycles. The van der Waals surface area contributed by atoms with Crippen molar-refractivity contribution in [3.8, 4) is 0 Å². The molecule has 1 aromatic rings. The lowest BCUT2D eigenvalue weighted by atomic mass is 10.1. The van der Waals surface area contributed by atoms with Crippen molar-refractivity contribution < 1.29 is 5.11 Å². The number of aromatic nitrogens is 2. The Hall–Kier alpha value is -0.830. The van der Waals surface area contributed by atoms with Crippen molar-refractivity contribution >= 4 is 0 Å². The molecule has 1 atom stereocenters. The van der Waals surface area contributed by atoms with E-state index < -0.39 is 0 Å². The van der Waals surface area contributed by atoms with Gasteiger partial charge >= 0.3 is 0 Å². The molecule has 0 fully saturated rings. The van der Waals surface area contributed by atoms with E-state index >= 15 is 0 Å². The van der Waals surface area contributed by atoms with Crippen molar-refractivity contribution in [2.24, 2.45) is 0 Å². The maximum atomic E-state index is 9.89. The summed E-state index contributed by atoms with van der Waals surface area (Å²) in [4.78, 5) is 4.05. The van der Waals surface area contributed by atoms with E-state index in [-0.39, 0.29) is 6.10 Å². The van der Waals surface area contributed by atoms with Crippen LogP contribution in [0.5, 0.6) is 0 Å². The molecule has 1 N–H and O–H groups in total. The second-order valence-electron chi connectivity index (χ2n) is 3.62. The molecule has 0 aliphatic carbocycles. The standard InChI is InChI=1S/C11H20N2O/c1-3-5-6-7-11(14)10-8-12-9-13(10)4-2/h8-9,11,14H,3-7H2,1-2H3. The van der Waals surface area contributed by atoms with Crippen molar-refractivity contribution in [1.29, 1.82) is 0 Å². The number of imidazole rings is 1. The summed E-state index contributed by atoms with van der Waals surface area (Å²) in [7, 11) is 0. The Labute approximate surface area is 85.8 Å². The summed E-state index contributed by atoms with van der Waals surface area (Å²) in [5, 5.41) is 9.89. The summed E-state index contributed by atoms with van der Waals surface area (Å²) in [6.07, 6.45) is 7.52. The Balaban J connectivity index is 2.47. The van der Waals surface area contributed by atoms with Gasteiger partial charge in [-0.15, -0.1) is 0 Å². The van der Waals surface area contributed by atoms with Gasteiger partial charge in [-0.2, -0.15) is 0 Å². The molecule has 0 bridgehead atoms. The highest BCUT2D eigenvalue weighted by molar-refractivity contribution is 5.02. The Morgan fingerprint density at radius 2 is 2.21 bits per heavy atom. The van der Waals surface area contributed by atoms with Crippen LogP contribution in [0.1, 0.15) is 51.3 Å². The summed E-state index contributed by atoms with van der Waals surface area (Å²) in [6, 6.07) is 0. The van der Waals surface area contributed by atoms with Crippen LogP contribution >= 0.6 is 0 Å². The minimum atomic E-state index is -0.344. The highest BCUT2D eigenvalue weighted by Crippen LogP contribution is 2.19. The molecule has 0 amide bonds. The van der Waals surface area contributed by atoms with E-state index in [0.717, 1.165) is 25.1 Å². The number of nitrogens with zero attached hydrogens (tertiary/aromatic N) is 2. The topological polar surface area (TPSA) is 38.1 Å². The number of aliphatic hydroxyl groups is 1. The van der Waals surface area contributed by atoms with Crippen molar-refractivity contribution in [2.45, 2.75) is 52.2 Å². The number of unbranched alkanes of at least 4 members (excludes halogenated alkanes) is 2. The number of aliphatic hydroxyl groups excluding tert-OH is 1. The van der Waals surface area contributed by atoms with Gasteiger partial charge in [-0.05, 0) is 13.3 Å². The van der Waals surface area contributed by atoms with E-state index in [0.29, 0.717) is 0 Å². The highest BCUT2D eigenvalue weighted by atomic mass is 16.3. The summed E-state index contributed by atoms with van der Waals surface area (Å²) in [5.74, 6) is 0. The molecule has 0 aromatic carbocycles. The van der Waals surface area contributed by atoms with Crippen LogP contribution in [-0.2, 0) is 6.54 Å². The van der Waals surface area contributed by atoms with E-state index in [9.17, 15) is 5.11 Å². The fraction of sp³-hybridized carbons (Fsp3) is 0.727. The first-order valence-corrected chi connectivity index (χ1v) is 5.47. The average Bonchev–Trinajstić information content (AvgIpc) is 2.65. The molecule has 1 rings (SSSR count). The molecular weight excluding hydrogens is 176 g/mol. The number of hydrogen-bond acceptors (Lipinski definition) is 2. The minimum absolute atomic E-state index is 0.344. The Morgan fingerprint density at radius 3 is 2.86 bits per heavy atom. The van der Waals surface area contributed by atoms with Gasteiger partial charge in [-0.25, -0.2) is 4.98 Å². The molecule has 1 aromatic heterocycles. The van der Waals surface area contributed by atoms with E-state index in [4.69, 9.17) is 0 Å². The number of aryl methyl sites for hydroxylation is 1. The third kappa shape index (κ3) is 2.84. The quantitative estimate of drug-likeness (QED) is 0.710. The highest BCUT2D eigenvalue weighted by Gasteiger charge is 2.11. The monoisotopic (exact) mass is 196 g/mol. The fourth-order valence-corrected chi connectivity index (χ4v) is 1.61. The summed E-state index contributed by atoms with van der Waals surface area (Å²) in [5.41, 5.74) is 0.948. The summed E-state index contributed by atoms with van der Waals surface area (Å²) in [6.45, 7) is 5.10. The van der Waals surface area contributed by atoms with E-state index in [1.165, 1.54) is 12.8 Å². The van der Waals surface area contributed by atoms with Crippen molar-refractivity contribution in [3.63, 3.8) is 0 Å². The van der Waals surface area contributed by atoms with Gasteiger partial charge in [-0.1, -0.05) is 26.2 Å². The van der Waals surface area contributed by atoms with Gasteiger partial charge in [0, 0.05) is 6.54 Å². The predicted molar refractivity (Wildman–Crippen MR) is 57.0 cm³/mol. The van der Waals surface area contributed by atoms with Crippen molar-refractivity contribution in [2.75, 3.05) is 0 Å². The van der Waals surface area contributed by atoms with Gasteiger partial charge in [0.25, 0.3) is 0 Å². The van der Waals surface area contributed by atoms with Gasteiger partial charge < -0.3 is 9.67 Å². The summed E-state index contributed by atoms with van der Waals surface area (Å²) >= 11 is 0. The molecule has 0 radical (unpaired) electrons. The van der Waals surface area contributed by atoms with E-state index in [1.807, 2.05) is 4.57 Å². The maximum absolute atomic E-state index is 9.89. The smallest absolute Gasteiger partial charge is 0.0955 e. The molecule has 3 nitrogen and oxygen atoms in total. The number of hydrogen-bond donors (Lipinski definition) is 1. The maximum Gasteiger partial charge on any atom is 0.0955 e. The first-order chi connectivity index (χ1) is 6.79. The molecule has 80 valence electrons. The second kappa shape index (κ2) is 5.81. The molecule has 0 spiro atoms. The second-order valence-corrected chi connectivity index (χ2v) is 3.62. The van der Waals surface area contributed by atoms with Crippen LogP contribution in [0.2, 0.25) is 0 Å².